The van der Waals surface area contributed by atoms with Crippen LogP contribution >= 0.6 is 0 Å². The van der Waals surface area contributed by atoms with E-state index >= 15 is 0 Å². The van der Waals surface area contributed by atoms with Gasteiger partial charge in [-0.2, -0.15) is 0 Å². The van der Waals surface area contributed by atoms with Crippen LogP contribution in [0.5, 0.6) is 5.75 Å². The summed E-state index contributed by atoms with van der Waals surface area (Å²) in [5.41, 5.74) is 2.86. The topological polar surface area (TPSA) is 47.6 Å². The predicted octanol–water partition coefficient (Wildman–Crippen LogP) is 3.39. The molecule has 2 aromatic heterocycles. The van der Waals surface area contributed by atoms with E-state index < -0.39 is 0 Å². The number of nitrogens with zero attached hydrogens (tertiary/aromatic N) is 2. The molecule has 0 N–H and O–H groups in total. The lowest BCUT2D eigenvalue weighted by Crippen LogP contribution is -2.41. The summed E-state index contributed by atoms with van der Waals surface area (Å²) in [7, 11) is 1.63. The zero-order valence-electron chi connectivity index (χ0n) is 13.9. The first-order valence-corrected chi connectivity index (χ1v) is 8.16. The SMILES string of the molecule is COc1ccc2c(CC(=O)N3CCn4cccc4C3C)coc2c1. The number of hydrogen-bond acceptors (Lipinski definition) is 3. The normalized spacial score (nSPS) is 17.1. The second-order valence-electron chi connectivity index (χ2n) is 6.19. The van der Waals surface area contributed by atoms with Gasteiger partial charge in [-0.25, -0.2) is 0 Å². The van der Waals surface area contributed by atoms with Gasteiger partial charge in [-0.15, -0.1) is 0 Å². The summed E-state index contributed by atoms with van der Waals surface area (Å²) >= 11 is 0. The van der Waals surface area contributed by atoms with E-state index in [1.165, 1.54) is 5.69 Å². The van der Waals surface area contributed by atoms with E-state index in [2.05, 4.69) is 23.8 Å². The molecule has 0 saturated carbocycles. The summed E-state index contributed by atoms with van der Waals surface area (Å²) in [6.45, 7) is 3.67. The number of carbonyl (C=O) groups excluding carboxylic acids is 1. The molecule has 4 rings (SSSR count). The van der Waals surface area contributed by atoms with Crippen molar-refractivity contribution < 1.29 is 13.9 Å². The highest BCUT2D eigenvalue weighted by Gasteiger charge is 2.27. The number of ether oxygens (including phenoxy) is 1. The second-order valence-corrected chi connectivity index (χ2v) is 6.19. The van der Waals surface area contributed by atoms with Crippen molar-refractivity contribution in [3.8, 4) is 5.75 Å². The Bertz CT molecular complexity index is 893. The molecule has 0 spiro atoms. The molecule has 5 nitrogen and oxygen atoms in total. The Balaban J connectivity index is 1.56. The summed E-state index contributed by atoms with van der Waals surface area (Å²) in [5.74, 6) is 0.883. The largest absolute Gasteiger partial charge is 0.497 e. The second kappa shape index (κ2) is 5.74. The third-order valence-corrected chi connectivity index (χ3v) is 4.87. The third kappa shape index (κ3) is 2.37. The van der Waals surface area contributed by atoms with E-state index in [-0.39, 0.29) is 11.9 Å². The monoisotopic (exact) mass is 324 g/mol. The van der Waals surface area contributed by atoms with E-state index in [1.807, 2.05) is 29.2 Å². The van der Waals surface area contributed by atoms with Crippen molar-refractivity contribution in [2.45, 2.75) is 25.9 Å². The van der Waals surface area contributed by atoms with E-state index in [0.29, 0.717) is 6.42 Å². The maximum absolute atomic E-state index is 12.8. The molecule has 1 aromatic carbocycles. The van der Waals surface area contributed by atoms with Crippen LogP contribution in [0.25, 0.3) is 11.0 Å². The van der Waals surface area contributed by atoms with Crippen LogP contribution in [0.3, 0.4) is 0 Å². The quantitative estimate of drug-likeness (QED) is 0.742. The van der Waals surface area contributed by atoms with Crippen molar-refractivity contribution in [1.82, 2.24) is 9.47 Å². The molecule has 0 radical (unpaired) electrons. The summed E-state index contributed by atoms with van der Waals surface area (Å²) < 4.78 is 13.0. The van der Waals surface area contributed by atoms with Crippen molar-refractivity contribution in [1.29, 1.82) is 0 Å². The van der Waals surface area contributed by atoms with Gasteiger partial charge < -0.3 is 18.6 Å². The van der Waals surface area contributed by atoms with Crippen LogP contribution in [-0.4, -0.2) is 29.0 Å². The van der Waals surface area contributed by atoms with Crippen LogP contribution in [0.15, 0.2) is 47.2 Å². The fraction of sp³-hybridized carbons (Fsp3) is 0.316. The molecule has 0 fully saturated rings. The first kappa shape index (κ1) is 14.9. The molecule has 1 amide bonds. The van der Waals surface area contributed by atoms with E-state index in [9.17, 15) is 4.79 Å². The Morgan fingerprint density at radius 1 is 1.33 bits per heavy atom. The highest BCUT2D eigenvalue weighted by atomic mass is 16.5. The summed E-state index contributed by atoms with van der Waals surface area (Å²) in [4.78, 5) is 14.8. The molecular formula is C19H20N2O3. The fourth-order valence-corrected chi connectivity index (χ4v) is 3.51. The number of methoxy groups -OCH3 is 1. The van der Waals surface area contributed by atoms with Gasteiger partial charge in [0, 0.05) is 42.0 Å². The van der Waals surface area contributed by atoms with Crippen LogP contribution in [-0.2, 0) is 17.8 Å². The minimum Gasteiger partial charge on any atom is -0.497 e. The first-order valence-electron chi connectivity index (χ1n) is 8.16. The number of rotatable bonds is 3. The fourth-order valence-electron chi connectivity index (χ4n) is 3.51. The highest BCUT2D eigenvalue weighted by molar-refractivity contribution is 5.88. The van der Waals surface area contributed by atoms with E-state index in [4.69, 9.17) is 9.15 Å². The van der Waals surface area contributed by atoms with Gasteiger partial charge >= 0.3 is 0 Å². The molecule has 124 valence electrons. The zero-order chi connectivity index (χ0) is 16.7. The smallest absolute Gasteiger partial charge is 0.227 e. The summed E-state index contributed by atoms with van der Waals surface area (Å²) in [6.07, 6.45) is 4.11. The molecule has 24 heavy (non-hydrogen) atoms. The maximum Gasteiger partial charge on any atom is 0.227 e. The lowest BCUT2D eigenvalue weighted by Gasteiger charge is -2.35. The van der Waals surface area contributed by atoms with E-state index in [1.54, 1.807) is 13.4 Å². The van der Waals surface area contributed by atoms with Crippen LogP contribution in [0.4, 0.5) is 0 Å². The average Bonchev–Trinajstić information content (AvgIpc) is 3.22. The number of carbonyl (C=O) groups is 1. The Hall–Kier alpha value is -2.69. The van der Waals surface area contributed by atoms with Gasteiger partial charge in [0.15, 0.2) is 0 Å². The number of furan rings is 1. The lowest BCUT2D eigenvalue weighted by molar-refractivity contribution is -0.133. The number of hydrogen-bond donors (Lipinski definition) is 0. The Kier molecular flexibility index (Phi) is 3.56. The van der Waals surface area contributed by atoms with Gasteiger partial charge in [0.05, 0.1) is 25.8 Å². The Morgan fingerprint density at radius 2 is 2.21 bits per heavy atom. The minimum absolute atomic E-state index is 0.0968. The number of aromatic nitrogens is 1. The van der Waals surface area contributed by atoms with Gasteiger partial charge in [-0.3, -0.25) is 4.79 Å². The third-order valence-electron chi connectivity index (χ3n) is 4.87. The van der Waals surface area contributed by atoms with Gasteiger partial charge in [-0.05, 0) is 31.2 Å². The molecule has 1 aliphatic heterocycles. The van der Waals surface area contributed by atoms with E-state index in [0.717, 1.165) is 35.4 Å². The van der Waals surface area contributed by atoms with Crippen LogP contribution in [0, 0.1) is 0 Å². The standard InChI is InChI=1S/C19H20N2O3/c1-13-17-4-3-7-20(17)8-9-21(13)19(22)10-14-12-24-18-11-15(23-2)5-6-16(14)18/h3-7,11-13H,8-10H2,1-2H3. The van der Waals surface area contributed by atoms with Crippen molar-refractivity contribution >= 4 is 16.9 Å². The summed E-state index contributed by atoms with van der Waals surface area (Å²) in [6, 6.07) is 9.91. The van der Waals surface area contributed by atoms with Gasteiger partial charge in [0.25, 0.3) is 0 Å². The van der Waals surface area contributed by atoms with Crippen molar-refractivity contribution in [3.63, 3.8) is 0 Å². The van der Waals surface area contributed by atoms with Crippen LogP contribution < -0.4 is 4.74 Å². The molecule has 3 aromatic rings. The van der Waals surface area contributed by atoms with Crippen LogP contribution in [0.1, 0.15) is 24.2 Å². The average molecular weight is 324 g/mol. The molecule has 0 bridgehead atoms. The molecule has 0 saturated heterocycles. The molecule has 3 heterocycles. The van der Waals surface area contributed by atoms with Crippen LogP contribution in [0.2, 0.25) is 0 Å². The van der Waals surface area contributed by atoms with Crippen molar-refractivity contribution in [3.05, 3.63) is 54.0 Å². The zero-order valence-corrected chi connectivity index (χ0v) is 13.9. The van der Waals surface area contributed by atoms with Crippen molar-refractivity contribution in [2.75, 3.05) is 13.7 Å². The van der Waals surface area contributed by atoms with Gasteiger partial charge in [0.2, 0.25) is 5.91 Å². The maximum atomic E-state index is 12.8. The van der Waals surface area contributed by atoms with Gasteiger partial charge in [0.1, 0.15) is 11.3 Å². The Labute approximate surface area is 140 Å². The predicted molar refractivity (Wildman–Crippen MR) is 91.0 cm³/mol. The number of amides is 1. The highest BCUT2D eigenvalue weighted by Crippen LogP contribution is 2.29. The molecule has 1 unspecified atom stereocenters. The number of benzene rings is 1. The molecule has 1 aliphatic rings. The molecule has 0 aliphatic carbocycles. The first-order chi connectivity index (χ1) is 11.7. The minimum atomic E-state index is 0.0968. The lowest BCUT2D eigenvalue weighted by atomic mass is 10.1. The molecule has 5 heteroatoms. The number of fused-ring (bicyclic) bond motifs is 2. The Morgan fingerprint density at radius 3 is 3.04 bits per heavy atom. The van der Waals surface area contributed by atoms with Gasteiger partial charge in [-0.1, -0.05) is 0 Å². The van der Waals surface area contributed by atoms with Crippen molar-refractivity contribution in [2.24, 2.45) is 0 Å². The summed E-state index contributed by atoms with van der Waals surface area (Å²) in [5, 5.41) is 0.970. The molecular weight excluding hydrogens is 304 g/mol. The molecule has 1 atom stereocenters.